The molecule has 0 saturated carbocycles. The highest BCUT2D eigenvalue weighted by atomic mass is 16.7. The van der Waals surface area contributed by atoms with Gasteiger partial charge in [0.25, 0.3) is 0 Å². The predicted molar refractivity (Wildman–Crippen MR) is 120 cm³/mol. The van der Waals surface area contributed by atoms with Crippen molar-refractivity contribution in [1.82, 2.24) is 0 Å². The van der Waals surface area contributed by atoms with Gasteiger partial charge in [0.05, 0.1) is 25.4 Å². The molecule has 6 nitrogen and oxygen atoms in total. The monoisotopic (exact) mass is 448 g/mol. The molecule has 0 aromatic carbocycles. The molecule has 0 radical (unpaired) electrons. The lowest BCUT2D eigenvalue weighted by Crippen LogP contribution is -2.40. The molecule has 6 atom stereocenters. The zero-order chi connectivity index (χ0) is 22.5. The minimum Gasteiger partial charge on any atom is -0.370 e. The summed E-state index contributed by atoms with van der Waals surface area (Å²) in [5, 5.41) is 0. The topological polar surface area (TPSA) is 55.4 Å². The smallest absolute Gasteiger partial charge is 0.169 e. The Labute approximate surface area is 192 Å². The Morgan fingerprint density at radius 3 is 1.62 bits per heavy atom. The van der Waals surface area contributed by atoms with Crippen LogP contribution >= 0.6 is 0 Å². The summed E-state index contributed by atoms with van der Waals surface area (Å²) >= 11 is 0. The van der Waals surface area contributed by atoms with E-state index in [0.29, 0.717) is 13.2 Å². The van der Waals surface area contributed by atoms with Gasteiger partial charge >= 0.3 is 0 Å². The molecule has 180 valence electrons. The molecule has 6 aliphatic rings. The van der Waals surface area contributed by atoms with E-state index >= 15 is 0 Å². The van der Waals surface area contributed by atoms with E-state index in [9.17, 15) is 0 Å². The lowest BCUT2D eigenvalue weighted by atomic mass is 9.81. The molecule has 2 spiro atoms. The van der Waals surface area contributed by atoms with Crippen LogP contribution in [0, 0.1) is 0 Å². The number of allylic oxidation sites excluding steroid dienone is 2. The van der Waals surface area contributed by atoms with E-state index in [1.807, 2.05) is 27.7 Å². The van der Waals surface area contributed by atoms with E-state index in [-0.39, 0.29) is 23.4 Å². The second-order valence-corrected chi connectivity index (χ2v) is 10.4. The Hall–Kier alpha value is -0.760. The molecule has 0 unspecified atom stereocenters. The average Bonchev–Trinajstić information content (AvgIpc) is 3.41. The van der Waals surface area contributed by atoms with E-state index in [1.54, 1.807) is 0 Å². The van der Waals surface area contributed by atoms with Crippen molar-refractivity contribution in [2.45, 2.75) is 114 Å². The van der Waals surface area contributed by atoms with Crippen molar-refractivity contribution in [1.29, 1.82) is 0 Å². The first-order valence-corrected chi connectivity index (χ1v) is 12.7. The minimum atomic E-state index is -0.448. The van der Waals surface area contributed by atoms with Crippen LogP contribution in [-0.2, 0) is 28.4 Å². The van der Waals surface area contributed by atoms with Gasteiger partial charge in [0.2, 0.25) is 0 Å². The Morgan fingerprint density at radius 2 is 1.22 bits per heavy atom. The van der Waals surface area contributed by atoms with Crippen molar-refractivity contribution in [3.63, 3.8) is 0 Å². The van der Waals surface area contributed by atoms with Gasteiger partial charge < -0.3 is 28.4 Å². The number of ether oxygens (including phenoxy) is 6. The normalized spacial score (nSPS) is 46.4. The summed E-state index contributed by atoms with van der Waals surface area (Å²) in [5.41, 5.74) is 2.41. The van der Waals surface area contributed by atoms with Gasteiger partial charge in [0.15, 0.2) is 11.6 Å². The highest BCUT2D eigenvalue weighted by molar-refractivity contribution is 5.31. The summed E-state index contributed by atoms with van der Waals surface area (Å²) in [6, 6.07) is 0. The molecule has 0 bridgehead atoms. The average molecular weight is 449 g/mol. The van der Waals surface area contributed by atoms with E-state index in [0.717, 1.165) is 38.9 Å². The molecule has 6 rings (SSSR count). The van der Waals surface area contributed by atoms with Crippen molar-refractivity contribution < 1.29 is 28.4 Å². The van der Waals surface area contributed by atoms with Crippen LogP contribution in [-0.4, -0.2) is 61.4 Å². The van der Waals surface area contributed by atoms with E-state index in [2.05, 4.69) is 12.2 Å². The number of rotatable bonds is 4. The van der Waals surface area contributed by atoms with Crippen LogP contribution in [0.5, 0.6) is 0 Å². The third kappa shape index (κ3) is 3.71. The van der Waals surface area contributed by atoms with Crippen LogP contribution in [0.15, 0.2) is 23.3 Å². The van der Waals surface area contributed by atoms with Crippen LogP contribution < -0.4 is 0 Å². The van der Waals surface area contributed by atoms with Gasteiger partial charge in [-0.3, -0.25) is 0 Å². The Balaban J connectivity index is 0.000000135. The quantitative estimate of drug-likeness (QED) is 0.575. The first-order valence-electron chi connectivity index (χ1n) is 12.7. The van der Waals surface area contributed by atoms with E-state index in [4.69, 9.17) is 28.4 Å². The van der Waals surface area contributed by atoms with Gasteiger partial charge in [-0.25, -0.2) is 0 Å². The second kappa shape index (κ2) is 8.47. The first kappa shape index (κ1) is 23.0. The third-order valence-electron chi connectivity index (χ3n) is 8.10. The fraction of sp³-hybridized carbons (Fsp3) is 0.846. The molecule has 32 heavy (non-hydrogen) atoms. The van der Waals surface area contributed by atoms with Gasteiger partial charge in [-0.1, -0.05) is 12.2 Å². The molecule has 0 N–H and O–H groups in total. The molecule has 0 amide bonds. The summed E-state index contributed by atoms with van der Waals surface area (Å²) in [4.78, 5) is 0. The molecular weight excluding hydrogens is 408 g/mol. The van der Waals surface area contributed by atoms with Crippen LogP contribution in [0.3, 0.4) is 0 Å². The fourth-order valence-electron chi connectivity index (χ4n) is 6.82. The lowest BCUT2D eigenvalue weighted by molar-refractivity contribution is -0.233. The second-order valence-electron chi connectivity index (χ2n) is 10.4. The van der Waals surface area contributed by atoms with E-state index < -0.39 is 11.6 Å². The molecule has 6 heteroatoms. The van der Waals surface area contributed by atoms with Gasteiger partial charge in [-0.05, 0) is 77.4 Å². The molecule has 4 heterocycles. The van der Waals surface area contributed by atoms with Gasteiger partial charge in [0, 0.05) is 26.1 Å². The van der Waals surface area contributed by atoms with Crippen molar-refractivity contribution in [2.75, 3.05) is 26.4 Å². The third-order valence-corrected chi connectivity index (χ3v) is 8.10. The summed E-state index contributed by atoms with van der Waals surface area (Å²) in [7, 11) is 0. The first-order chi connectivity index (χ1) is 15.4. The molecular formula is C26H40O6. The summed E-state index contributed by atoms with van der Waals surface area (Å²) < 4.78 is 35.8. The van der Waals surface area contributed by atoms with Crippen LogP contribution in [0.4, 0.5) is 0 Å². The molecule has 0 aromatic heterocycles. The molecule has 4 fully saturated rings. The van der Waals surface area contributed by atoms with Gasteiger partial charge in [-0.15, -0.1) is 0 Å². The molecule has 2 aliphatic carbocycles. The number of hydrogen-bond acceptors (Lipinski definition) is 6. The summed E-state index contributed by atoms with van der Waals surface area (Å²) in [5.74, 6) is -0.896. The largest absolute Gasteiger partial charge is 0.370 e. The van der Waals surface area contributed by atoms with Crippen LogP contribution in [0.25, 0.3) is 0 Å². The van der Waals surface area contributed by atoms with Gasteiger partial charge in [0.1, 0.15) is 11.2 Å². The van der Waals surface area contributed by atoms with Crippen LogP contribution in [0.2, 0.25) is 0 Å². The zero-order valence-electron chi connectivity index (χ0n) is 20.2. The summed E-state index contributed by atoms with van der Waals surface area (Å²) in [6.45, 7) is 11.0. The predicted octanol–water partition coefficient (Wildman–Crippen LogP) is 4.81. The molecule has 0 aromatic rings. The van der Waals surface area contributed by atoms with Crippen molar-refractivity contribution in [3.05, 3.63) is 23.3 Å². The maximum absolute atomic E-state index is 6.29. The van der Waals surface area contributed by atoms with Gasteiger partial charge in [-0.2, -0.15) is 0 Å². The van der Waals surface area contributed by atoms with Crippen molar-refractivity contribution in [2.24, 2.45) is 0 Å². The molecule has 4 saturated heterocycles. The maximum Gasteiger partial charge on any atom is 0.169 e. The zero-order valence-corrected chi connectivity index (χ0v) is 20.2. The van der Waals surface area contributed by atoms with Crippen LogP contribution in [0.1, 0.15) is 79.1 Å². The SMILES string of the molecule is CCO[C@@]1(C)C[C@@H]2OCC3=CCCC[C@]32O1.CCO[C@]1(C)C[C@@H]2OCC3=CCCC[C@]32O1. The highest BCUT2D eigenvalue weighted by Gasteiger charge is 2.61. The number of hydrogen-bond donors (Lipinski definition) is 0. The Morgan fingerprint density at radius 1 is 0.781 bits per heavy atom. The lowest BCUT2D eigenvalue weighted by Gasteiger charge is -2.34. The molecule has 4 aliphatic heterocycles. The minimum absolute atomic E-state index is 0.151. The standard InChI is InChI=1S/2C13H20O3/c2*1-3-15-12(2)8-11-13(16-12)7-5-4-6-10(13)9-14-11/h2*6,11H,3-5,7-9H2,1-2H3/t11-,12+,13-;11-,12-,13-/m00/s1. The van der Waals surface area contributed by atoms with Crippen molar-refractivity contribution >= 4 is 0 Å². The fourth-order valence-corrected chi connectivity index (χ4v) is 6.82. The maximum atomic E-state index is 6.29. The Kier molecular flexibility index (Phi) is 6.09. The van der Waals surface area contributed by atoms with E-state index in [1.165, 1.54) is 36.8 Å². The Bertz CT molecular complexity index is 714. The summed E-state index contributed by atoms with van der Waals surface area (Å²) in [6.07, 6.45) is 13.7. The highest BCUT2D eigenvalue weighted by Crippen LogP contribution is 2.53. The van der Waals surface area contributed by atoms with Crippen molar-refractivity contribution in [3.8, 4) is 0 Å².